The fourth-order valence-corrected chi connectivity index (χ4v) is 5.45. The number of aliphatic hydroxyl groups excluding tert-OH is 1. The van der Waals surface area contributed by atoms with Gasteiger partial charge in [-0.2, -0.15) is 0 Å². The molecule has 0 spiro atoms. The molecule has 2 aromatic heterocycles. The van der Waals surface area contributed by atoms with Gasteiger partial charge in [-0.3, -0.25) is 9.78 Å². The Labute approximate surface area is 232 Å². The zero-order chi connectivity index (χ0) is 27.1. The molecule has 0 saturated heterocycles. The van der Waals surface area contributed by atoms with Crippen molar-refractivity contribution in [1.29, 1.82) is 0 Å². The number of ether oxygens (including phenoxy) is 1. The number of pyridine rings is 2. The Morgan fingerprint density at radius 3 is 2.71 bits per heavy atom. The first-order chi connectivity index (χ1) is 18.3. The van der Waals surface area contributed by atoms with Crippen molar-refractivity contribution < 1.29 is 14.6 Å². The van der Waals surface area contributed by atoms with Crippen LogP contribution in [0.15, 0.2) is 30.5 Å². The molecular weight excluding hydrogens is 500 g/mol. The Hall–Kier alpha value is -2.22. The van der Waals surface area contributed by atoms with Crippen LogP contribution in [0, 0.1) is 5.92 Å². The lowest BCUT2D eigenvalue weighted by Crippen LogP contribution is -2.49. The molecule has 3 atom stereocenters. The van der Waals surface area contributed by atoms with Gasteiger partial charge < -0.3 is 20.5 Å². The summed E-state index contributed by atoms with van der Waals surface area (Å²) in [5.41, 5.74) is 2.48. The standard InChI is InChI=1S/C30H43ClN4O3/c1-20(2)22-10-13-32-26(16-22)30(11-12-30)33-19-25(36)24-15-21(3)9-7-5-4-6-8-14-38-28-18-23(29(37)34-24)17-27(31)35-28/h10,13,16-18,20-21,24-25,33,36H,4-9,11-12,14-15,19H2,1-3H3,(H,34,37)/t21-,24+,25-/m1/s1. The number of rotatable bonds is 6. The highest BCUT2D eigenvalue weighted by Gasteiger charge is 2.46. The molecule has 208 valence electrons. The lowest BCUT2D eigenvalue weighted by Gasteiger charge is -2.29. The quantitative estimate of drug-likeness (QED) is 0.402. The van der Waals surface area contributed by atoms with Gasteiger partial charge in [0.1, 0.15) is 5.15 Å². The maximum atomic E-state index is 13.3. The Morgan fingerprint density at radius 2 is 1.95 bits per heavy atom. The second-order valence-electron chi connectivity index (χ2n) is 11.5. The molecule has 1 saturated carbocycles. The number of amides is 1. The van der Waals surface area contributed by atoms with Gasteiger partial charge in [-0.1, -0.05) is 64.5 Å². The molecule has 1 amide bonds. The van der Waals surface area contributed by atoms with E-state index in [2.05, 4.69) is 53.5 Å². The van der Waals surface area contributed by atoms with Crippen LogP contribution < -0.4 is 15.4 Å². The van der Waals surface area contributed by atoms with E-state index in [1.807, 2.05) is 6.20 Å². The summed E-state index contributed by atoms with van der Waals surface area (Å²) in [5, 5.41) is 18.3. The molecule has 8 heteroatoms. The van der Waals surface area contributed by atoms with E-state index >= 15 is 0 Å². The fraction of sp³-hybridized carbons (Fsp3) is 0.633. The predicted octanol–water partition coefficient (Wildman–Crippen LogP) is 5.75. The minimum absolute atomic E-state index is 0.204. The van der Waals surface area contributed by atoms with Gasteiger partial charge in [0, 0.05) is 24.4 Å². The first-order valence-corrected chi connectivity index (χ1v) is 14.6. The second kappa shape index (κ2) is 13.2. The van der Waals surface area contributed by atoms with Gasteiger partial charge in [0.05, 0.1) is 30.0 Å². The second-order valence-corrected chi connectivity index (χ2v) is 11.9. The van der Waals surface area contributed by atoms with E-state index < -0.39 is 12.1 Å². The van der Waals surface area contributed by atoms with Crippen LogP contribution in [-0.2, 0) is 5.54 Å². The van der Waals surface area contributed by atoms with Crippen LogP contribution in [0.1, 0.15) is 106 Å². The molecule has 3 heterocycles. The first-order valence-electron chi connectivity index (χ1n) is 14.3. The molecule has 3 N–H and O–H groups in total. The van der Waals surface area contributed by atoms with Crippen molar-refractivity contribution in [3.8, 4) is 5.88 Å². The topological polar surface area (TPSA) is 96.4 Å². The summed E-state index contributed by atoms with van der Waals surface area (Å²) in [6, 6.07) is 7.02. The van der Waals surface area contributed by atoms with Crippen LogP contribution in [-0.4, -0.2) is 46.3 Å². The summed E-state index contributed by atoms with van der Waals surface area (Å²) in [5.74, 6) is 0.881. The van der Waals surface area contributed by atoms with E-state index in [4.69, 9.17) is 16.3 Å². The van der Waals surface area contributed by atoms with Crippen molar-refractivity contribution in [1.82, 2.24) is 20.6 Å². The number of hydrogen-bond acceptors (Lipinski definition) is 6. The van der Waals surface area contributed by atoms with Crippen LogP contribution in [0.2, 0.25) is 5.15 Å². The SMILES string of the molecule is CC(C)c1ccnc(C2(NC[C@@H](O)[C@@H]3C[C@H](C)CCCCCCCOc4cc(cc(Cl)n4)C(=O)N3)CC2)c1. The Bertz CT molecular complexity index is 1080. The number of nitrogens with zero attached hydrogens (tertiary/aromatic N) is 2. The number of halogens is 1. The molecule has 0 unspecified atom stereocenters. The summed E-state index contributed by atoms with van der Waals surface area (Å²) >= 11 is 6.21. The number of aromatic nitrogens is 2. The highest BCUT2D eigenvalue weighted by atomic mass is 35.5. The highest BCUT2D eigenvalue weighted by molar-refractivity contribution is 6.29. The fourth-order valence-electron chi connectivity index (χ4n) is 5.25. The molecule has 4 rings (SSSR count). The number of carbonyl (C=O) groups is 1. The molecule has 2 bridgehead atoms. The zero-order valence-corrected chi connectivity index (χ0v) is 23.8. The zero-order valence-electron chi connectivity index (χ0n) is 23.0. The molecule has 1 aliphatic heterocycles. The van der Waals surface area contributed by atoms with Gasteiger partial charge in [0.2, 0.25) is 5.88 Å². The third-order valence-electron chi connectivity index (χ3n) is 7.90. The Kier molecular flexibility index (Phi) is 10.0. The number of aliphatic hydroxyl groups is 1. The molecular formula is C30H43ClN4O3. The lowest BCUT2D eigenvalue weighted by molar-refractivity contribution is 0.0781. The van der Waals surface area contributed by atoms with Crippen LogP contribution in [0.3, 0.4) is 0 Å². The van der Waals surface area contributed by atoms with Crippen LogP contribution in [0.4, 0.5) is 0 Å². The van der Waals surface area contributed by atoms with E-state index in [1.54, 1.807) is 12.1 Å². The van der Waals surface area contributed by atoms with Crippen LogP contribution >= 0.6 is 11.6 Å². The molecule has 1 fully saturated rings. The van der Waals surface area contributed by atoms with Crippen molar-refractivity contribution >= 4 is 17.5 Å². The van der Waals surface area contributed by atoms with Gasteiger partial charge in [0.25, 0.3) is 5.91 Å². The van der Waals surface area contributed by atoms with Gasteiger partial charge in [0.15, 0.2) is 0 Å². The van der Waals surface area contributed by atoms with Crippen LogP contribution in [0.5, 0.6) is 5.88 Å². The molecule has 2 aromatic rings. The molecule has 38 heavy (non-hydrogen) atoms. The predicted molar refractivity (Wildman–Crippen MR) is 151 cm³/mol. The molecule has 7 nitrogen and oxygen atoms in total. The smallest absolute Gasteiger partial charge is 0.251 e. The number of fused-ring (bicyclic) bond motifs is 2. The summed E-state index contributed by atoms with van der Waals surface area (Å²) in [6.07, 6.45) is 10.4. The molecule has 0 aromatic carbocycles. The average molecular weight is 543 g/mol. The molecule has 0 radical (unpaired) electrons. The Balaban J connectivity index is 1.48. The van der Waals surface area contributed by atoms with Crippen molar-refractivity contribution in [2.75, 3.05) is 13.2 Å². The summed E-state index contributed by atoms with van der Waals surface area (Å²) in [7, 11) is 0. The van der Waals surface area contributed by atoms with E-state index in [1.165, 1.54) is 18.4 Å². The lowest BCUT2D eigenvalue weighted by atomic mass is 9.92. The average Bonchev–Trinajstić information content (AvgIpc) is 3.69. The molecule has 1 aliphatic carbocycles. The number of hydrogen-bond donors (Lipinski definition) is 3. The van der Waals surface area contributed by atoms with Gasteiger partial charge in [-0.05, 0) is 61.3 Å². The van der Waals surface area contributed by atoms with Crippen molar-refractivity contribution in [3.05, 3.63) is 52.4 Å². The monoisotopic (exact) mass is 542 g/mol. The van der Waals surface area contributed by atoms with E-state index in [9.17, 15) is 9.90 Å². The van der Waals surface area contributed by atoms with E-state index in [0.29, 0.717) is 42.9 Å². The number of nitrogens with one attached hydrogen (secondary N) is 2. The summed E-state index contributed by atoms with van der Waals surface area (Å²) in [6.45, 7) is 7.50. The van der Waals surface area contributed by atoms with Gasteiger partial charge in [-0.25, -0.2) is 4.98 Å². The summed E-state index contributed by atoms with van der Waals surface area (Å²) < 4.78 is 5.77. The maximum Gasteiger partial charge on any atom is 0.251 e. The van der Waals surface area contributed by atoms with E-state index in [0.717, 1.165) is 44.2 Å². The number of carbonyl (C=O) groups excluding carboxylic acids is 1. The van der Waals surface area contributed by atoms with Gasteiger partial charge >= 0.3 is 0 Å². The normalized spacial score (nSPS) is 23.4. The van der Waals surface area contributed by atoms with E-state index in [-0.39, 0.29) is 16.6 Å². The highest BCUT2D eigenvalue weighted by Crippen LogP contribution is 2.45. The largest absolute Gasteiger partial charge is 0.478 e. The van der Waals surface area contributed by atoms with Gasteiger partial charge in [-0.15, -0.1) is 0 Å². The minimum Gasteiger partial charge on any atom is -0.478 e. The minimum atomic E-state index is -0.751. The third-order valence-corrected chi connectivity index (χ3v) is 8.10. The first kappa shape index (κ1) is 28.8. The molecule has 2 aliphatic rings. The third kappa shape index (κ3) is 7.90. The summed E-state index contributed by atoms with van der Waals surface area (Å²) in [4.78, 5) is 22.2. The van der Waals surface area contributed by atoms with Crippen molar-refractivity contribution in [3.63, 3.8) is 0 Å². The maximum absolute atomic E-state index is 13.3. The van der Waals surface area contributed by atoms with Crippen LogP contribution in [0.25, 0.3) is 0 Å². The van der Waals surface area contributed by atoms with Crippen molar-refractivity contribution in [2.45, 2.75) is 102 Å². The Morgan fingerprint density at radius 1 is 1.18 bits per heavy atom. The van der Waals surface area contributed by atoms with Crippen molar-refractivity contribution in [2.24, 2.45) is 5.92 Å².